The van der Waals surface area contributed by atoms with E-state index in [0.29, 0.717) is 23.4 Å². The Morgan fingerprint density at radius 1 is 1.08 bits per heavy atom. The summed E-state index contributed by atoms with van der Waals surface area (Å²) in [7, 11) is 3.23. The number of aromatic nitrogens is 3. The number of ether oxygens (including phenoxy) is 2. The fourth-order valence-electron chi connectivity index (χ4n) is 2.75. The summed E-state index contributed by atoms with van der Waals surface area (Å²) < 4.78 is 10.6. The number of rotatable bonds is 6. The number of benzene rings is 1. The maximum Gasteiger partial charge on any atom is 0.227 e. The van der Waals surface area contributed by atoms with Gasteiger partial charge < -0.3 is 14.8 Å². The molecule has 134 valence electrons. The van der Waals surface area contributed by atoms with Crippen LogP contribution >= 0.6 is 11.3 Å². The first-order valence-electron chi connectivity index (χ1n) is 8.47. The summed E-state index contributed by atoms with van der Waals surface area (Å²) in [5, 5.41) is 4.46. The topological polar surface area (TPSA) is 69.2 Å². The second kappa shape index (κ2) is 6.92. The minimum atomic E-state index is 0.537. The highest BCUT2D eigenvalue weighted by Crippen LogP contribution is 2.44. The maximum atomic E-state index is 5.34. The number of thiazole rings is 1. The molecule has 1 aliphatic rings. The van der Waals surface area contributed by atoms with E-state index in [2.05, 4.69) is 15.3 Å². The monoisotopic (exact) mass is 368 g/mol. The normalized spacial score (nSPS) is 13.5. The molecule has 0 unspecified atom stereocenters. The number of anilines is 2. The molecule has 1 aliphatic carbocycles. The van der Waals surface area contributed by atoms with Crippen LogP contribution < -0.4 is 14.8 Å². The van der Waals surface area contributed by atoms with Gasteiger partial charge >= 0.3 is 0 Å². The van der Waals surface area contributed by atoms with Crippen molar-refractivity contribution in [3.8, 4) is 22.1 Å². The van der Waals surface area contributed by atoms with Crippen LogP contribution in [0.1, 0.15) is 29.5 Å². The first kappa shape index (κ1) is 16.8. The number of methoxy groups -OCH3 is 2. The van der Waals surface area contributed by atoms with Crippen LogP contribution in [0.15, 0.2) is 30.5 Å². The third kappa shape index (κ3) is 3.35. The Bertz CT molecular complexity index is 937. The van der Waals surface area contributed by atoms with Gasteiger partial charge in [0.1, 0.15) is 0 Å². The highest BCUT2D eigenvalue weighted by Gasteiger charge is 2.28. The molecule has 0 amide bonds. The van der Waals surface area contributed by atoms with Gasteiger partial charge in [-0.1, -0.05) is 0 Å². The van der Waals surface area contributed by atoms with Crippen LogP contribution in [0.4, 0.5) is 11.6 Å². The highest BCUT2D eigenvalue weighted by molar-refractivity contribution is 7.15. The molecular weight excluding hydrogens is 348 g/mol. The van der Waals surface area contributed by atoms with E-state index in [0.717, 1.165) is 22.0 Å². The van der Waals surface area contributed by atoms with Crippen LogP contribution in [0.25, 0.3) is 10.6 Å². The van der Waals surface area contributed by atoms with E-state index in [1.807, 2.05) is 31.2 Å². The van der Waals surface area contributed by atoms with Crippen LogP contribution in [-0.2, 0) is 0 Å². The SMILES string of the molecule is COc1ccc(Nc2nccc(-c3sc(C4CC4)nc3C)n2)cc1OC. The van der Waals surface area contributed by atoms with Crippen molar-refractivity contribution in [2.24, 2.45) is 0 Å². The third-order valence-electron chi connectivity index (χ3n) is 4.27. The molecule has 1 saturated carbocycles. The second-order valence-electron chi connectivity index (χ2n) is 6.20. The zero-order valence-electron chi connectivity index (χ0n) is 14.9. The first-order valence-corrected chi connectivity index (χ1v) is 9.29. The molecule has 0 spiro atoms. The van der Waals surface area contributed by atoms with Crippen LogP contribution in [0.2, 0.25) is 0 Å². The largest absolute Gasteiger partial charge is 0.493 e. The molecule has 0 atom stereocenters. The molecule has 0 saturated heterocycles. The number of hydrogen-bond acceptors (Lipinski definition) is 7. The van der Waals surface area contributed by atoms with Gasteiger partial charge in [0.2, 0.25) is 5.95 Å². The van der Waals surface area contributed by atoms with Gasteiger partial charge in [0.15, 0.2) is 11.5 Å². The number of aryl methyl sites for hydroxylation is 1. The lowest BCUT2D eigenvalue weighted by Crippen LogP contribution is -1.99. The lowest BCUT2D eigenvalue weighted by atomic mass is 10.2. The van der Waals surface area contributed by atoms with Crippen LogP contribution in [-0.4, -0.2) is 29.2 Å². The molecule has 3 aromatic rings. The Morgan fingerprint density at radius 3 is 2.62 bits per heavy atom. The van der Waals surface area contributed by atoms with Crippen molar-refractivity contribution in [3.63, 3.8) is 0 Å². The van der Waals surface area contributed by atoms with E-state index in [1.165, 1.54) is 17.8 Å². The Morgan fingerprint density at radius 2 is 1.88 bits per heavy atom. The molecule has 6 nitrogen and oxygen atoms in total. The smallest absolute Gasteiger partial charge is 0.227 e. The van der Waals surface area contributed by atoms with Crippen molar-refractivity contribution < 1.29 is 9.47 Å². The van der Waals surface area contributed by atoms with Gasteiger partial charge in [-0.25, -0.2) is 15.0 Å². The molecule has 0 radical (unpaired) electrons. The van der Waals surface area contributed by atoms with Crippen LogP contribution in [0.5, 0.6) is 11.5 Å². The summed E-state index contributed by atoms with van der Waals surface area (Å²) >= 11 is 1.74. The molecule has 0 bridgehead atoms. The zero-order chi connectivity index (χ0) is 18.1. The molecular formula is C19H20N4O2S. The number of nitrogens with one attached hydrogen (secondary N) is 1. The van der Waals surface area contributed by atoms with Gasteiger partial charge in [0, 0.05) is 23.9 Å². The number of nitrogens with zero attached hydrogens (tertiary/aromatic N) is 3. The van der Waals surface area contributed by atoms with Crippen molar-refractivity contribution in [3.05, 3.63) is 41.2 Å². The summed E-state index contributed by atoms with van der Waals surface area (Å²) in [5.74, 6) is 2.52. The van der Waals surface area contributed by atoms with E-state index < -0.39 is 0 Å². The molecule has 1 aromatic carbocycles. The van der Waals surface area contributed by atoms with Gasteiger partial charge in [-0.2, -0.15) is 0 Å². The van der Waals surface area contributed by atoms with Gasteiger partial charge in [-0.15, -0.1) is 11.3 Å². The lowest BCUT2D eigenvalue weighted by Gasteiger charge is -2.10. The molecule has 1 fully saturated rings. The van der Waals surface area contributed by atoms with Crippen LogP contribution in [0, 0.1) is 6.92 Å². The molecule has 0 aliphatic heterocycles. The van der Waals surface area contributed by atoms with E-state index in [-0.39, 0.29) is 0 Å². The maximum absolute atomic E-state index is 5.34. The lowest BCUT2D eigenvalue weighted by molar-refractivity contribution is 0.355. The molecule has 7 heteroatoms. The van der Waals surface area contributed by atoms with Crippen molar-refractivity contribution in [1.29, 1.82) is 0 Å². The molecule has 26 heavy (non-hydrogen) atoms. The second-order valence-corrected chi connectivity index (χ2v) is 7.23. The fraction of sp³-hybridized carbons (Fsp3) is 0.316. The van der Waals surface area contributed by atoms with E-state index in [9.17, 15) is 0 Å². The first-order chi connectivity index (χ1) is 12.7. The summed E-state index contributed by atoms with van der Waals surface area (Å²) in [6.07, 6.45) is 4.27. The van der Waals surface area contributed by atoms with Gasteiger partial charge in [-0.3, -0.25) is 0 Å². The highest BCUT2D eigenvalue weighted by atomic mass is 32.1. The molecule has 2 aromatic heterocycles. The van der Waals surface area contributed by atoms with Gasteiger partial charge in [0.25, 0.3) is 0 Å². The predicted molar refractivity (Wildman–Crippen MR) is 103 cm³/mol. The minimum Gasteiger partial charge on any atom is -0.493 e. The number of hydrogen-bond donors (Lipinski definition) is 1. The summed E-state index contributed by atoms with van der Waals surface area (Å²) in [6, 6.07) is 7.54. The standard InChI is InChI=1S/C19H20N4O2S/c1-11-17(26-18(21-11)12-4-5-12)14-8-9-20-19(23-14)22-13-6-7-15(24-2)16(10-13)25-3/h6-10,12H,4-5H2,1-3H3,(H,20,22,23). The summed E-state index contributed by atoms with van der Waals surface area (Å²) in [4.78, 5) is 14.8. The predicted octanol–water partition coefficient (Wildman–Crippen LogP) is 4.55. The Kier molecular flexibility index (Phi) is 4.46. The zero-order valence-corrected chi connectivity index (χ0v) is 15.8. The summed E-state index contributed by atoms with van der Waals surface area (Å²) in [5.41, 5.74) is 2.76. The molecule has 4 rings (SSSR count). The average Bonchev–Trinajstić information content (AvgIpc) is 3.44. The van der Waals surface area contributed by atoms with Crippen molar-refractivity contribution in [1.82, 2.24) is 15.0 Å². The Labute approximate surface area is 156 Å². The van der Waals surface area contributed by atoms with Crippen molar-refractivity contribution in [2.75, 3.05) is 19.5 Å². The van der Waals surface area contributed by atoms with Crippen molar-refractivity contribution >= 4 is 23.0 Å². The molecule has 2 heterocycles. The molecule has 1 N–H and O–H groups in total. The van der Waals surface area contributed by atoms with Crippen LogP contribution in [0.3, 0.4) is 0 Å². The Balaban J connectivity index is 1.60. The van der Waals surface area contributed by atoms with Gasteiger partial charge in [-0.05, 0) is 38.0 Å². The minimum absolute atomic E-state index is 0.537. The summed E-state index contributed by atoms with van der Waals surface area (Å²) in [6.45, 7) is 2.04. The van der Waals surface area contributed by atoms with E-state index in [4.69, 9.17) is 14.5 Å². The third-order valence-corrected chi connectivity index (χ3v) is 5.61. The average molecular weight is 368 g/mol. The fourth-order valence-corrected chi connectivity index (χ4v) is 3.95. The Hall–Kier alpha value is -2.67. The van der Waals surface area contributed by atoms with E-state index >= 15 is 0 Å². The quantitative estimate of drug-likeness (QED) is 0.688. The van der Waals surface area contributed by atoms with Crippen molar-refractivity contribution in [2.45, 2.75) is 25.7 Å². The van der Waals surface area contributed by atoms with Gasteiger partial charge in [0.05, 0.1) is 35.5 Å². The van der Waals surface area contributed by atoms with E-state index in [1.54, 1.807) is 31.8 Å².